The molecule has 0 unspecified atom stereocenters. The fourth-order valence-electron chi connectivity index (χ4n) is 2.04. The number of aromatic nitrogens is 2. The van der Waals surface area contributed by atoms with Gasteiger partial charge in [-0.2, -0.15) is 0 Å². The zero-order valence-electron chi connectivity index (χ0n) is 14.5. The van der Waals surface area contributed by atoms with Crippen LogP contribution in [0.1, 0.15) is 31.3 Å². The molecule has 128 valence electrons. The molecule has 1 amide bonds. The quantitative estimate of drug-likeness (QED) is 0.877. The van der Waals surface area contributed by atoms with E-state index in [0.717, 1.165) is 0 Å². The van der Waals surface area contributed by atoms with E-state index in [4.69, 9.17) is 9.47 Å². The van der Waals surface area contributed by atoms with Crippen molar-refractivity contribution in [2.45, 2.75) is 26.3 Å². The number of hydrogen-bond acceptors (Lipinski definition) is 6. The van der Waals surface area contributed by atoms with Crippen LogP contribution in [-0.4, -0.2) is 35.6 Å². The molecule has 1 heterocycles. The molecule has 0 fully saturated rings. The van der Waals surface area contributed by atoms with Gasteiger partial charge in [-0.05, 0) is 32.9 Å². The Bertz CT molecular complexity index is 726. The highest BCUT2D eigenvalue weighted by Crippen LogP contribution is 2.29. The number of hydrogen-bond donors (Lipinski definition) is 2. The van der Waals surface area contributed by atoms with Crippen LogP contribution < -0.4 is 20.1 Å². The van der Waals surface area contributed by atoms with E-state index in [9.17, 15) is 4.79 Å². The molecule has 0 spiro atoms. The van der Waals surface area contributed by atoms with Gasteiger partial charge in [0, 0.05) is 23.4 Å². The number of nitrogens with one attached hydrogen (secondary N) is 2. The van der Waals surface area contributed by atoms with E-state index in [2.05, 4.69) is 20.6 Å². The number of rotatable bonds is 5. The van der Waals surface area contributed by atoms with Gasteiger partial charge in [0.25, 0.3) is 5.91 Å². The van der Waals surface area contributed by atoms with Crippen LogP contribution in [0.2, 0.25) is 0 Å². The van der Waals surface area contributed by atoms with E-state index in [1.165, 1.54) is 6.33 Å². The maximum absolute atomic E-state index is 12.4. The lowest BCUT2D eigenvalue weighted by molar-refractivity contribution is 0.102. The first kappa shape index (κ1) is 17.5. The number of nitrogens with zero attached hydrogens (tertiary/aromatic N) is 2. The van der Waals surface area contributed by atoms with Gasteiger partial charge in [-0.1, -0.05) is 0 Å². The van der Waals surface area contributed by atoms with Gasteiger partial charge in [0.1, 0.15) is 17.8 Å². The smallest absolute Gasteiger partial charge is 0.274 e. The molecule has 1 aromatic carbocycles. The van der Waals surface area contributed by atoms with Crippen LogP contribution in [0, 0.1) is 0 Å². The molecule has 0 radical (unpaired) electrons. The molecule has 0 saturated carbocycles. The highest BCUT2D eigenvalue weighted by molar-refractivity contribution is 6.03. The summed E-state index contributed by atoms with van der Waals surface area (Å²) in [6.07, 6.45) is 1.36. The van der Waals surface area contributed by atoms with Crippen molar-refractivity contribution in [2.24, 2.45) is 0 Å². The van der Waals surface area contributed by atoms with Crippen molar-refractivity contribution in [1.29, 1.82) is 0 Å². The third-order valence-electron chi connectivity index (χ3n) is 3.04. The largest absolute Gasteiger partial charge is 0.493 e. The molecule has 0 aliphatic carbocycles. The summed E-state index contributed by atoms with van der Waals surface area (Å²) in [6.45, 7) is 6.04. The topological polar surface area (TPSA) is 85.4 Å². The molecule has 0 aliphatic rings. The van der Waals surface area contributed by atoms with Crippen LogP contribution in [0.5, 0.6) is 11.5 Å². The summed E-state index contributed by atoms with van der Waals surface area (Å²) >= 11 is 0. The van der Waals surface area contributed by atoms with Gasteiger partial charge in [-0.25, -0.2) is 9.97 Å². The van der Waals surface area contributed by atoms with Crippen LogP contribution in [0.4, 0.5) is 11.5 Å². The Morgan fingerprint density at radius 2 is 1.75 bits per heavy atom. The normalized spacial score (nSPS) is 10.9. The Morgan fingerprint density at radius 3 is 2.38 bits per heavy atom. The summed E-state index contributed by atoms with van der Waals surface area (Å²) in [5.41, 5.74) is 0.693. The number of carbonyl (C=O) groups is 1. The first-order valence-electron chi connectivity index (χ1n) is 7.46. The summed E-state index contributed by atoms with van der Waals surface area (Å²) in [5.74, 6) is 1.39. The van der Waals surface area contributed by atoms with Gasteiger partial charge in [0.2, 0.25) is 0 Å². The van der Waals surface area contributed by atoms with Crippen molar-refractivity contribution in [1.82, 2.24) is 9.97 Å². The molecule has 7 heteroatoms. The Morgan fingerprint density at radius 1 is 1.04 bits per heavy atom. The van der Waals surface area contributed by atoms with Gasteiger partial charge in [-0.15, -0.1) is 0 Å². The van der Waals surface area contributed by atoms with E-state index >= 15 is 0 Å². The van der Waals surface area contributed by atoms with Gasteiger partial charge in [0.05, 0.1) is 14.2 Å². The van der Waals surface area contributed by atoms with E-state index in [-0.39, 0.29) is 17.1 Å². The molecular formula is C17H22N4O3. The molecule has 2 rings (SSSR count). The lowest BCUT2D eigenvalue weighted by Crippen LogP contribution is -2.27. The Labute approximate surface area is 141 Å². The van der Waals surface area contributed by atoms with E-state index in [1.807, 2.05) is 20.8 Å². The summed E-state index contributed by atoms with van der Waals surface area (Å²) < 4.78 is 10.4. The summed E-state index contributed by atoms with van der Waals surface area (Å²) in [4.78, 5) is 20.5. The molecule has 0 aliphatic heterocycles. The first-order valence-corrected chi connectivity index (χ1v) is 7.46. The average Bonchev–Trinajstić information content (AvgIpc) is 2.53. The second kappa shape index (κ2) is 7.16. The zero-order valence-corrected chi connectivity index (χ0v) is 14.5. The molecule has 7 nitrogen and oxygen atoms in total. The summed E-state index contributed by atoms with van der Waals surface area (Å²) in [7, 11) is 3.10. The maximum Gasteiger partial charge on any atom is 0.274 e. The molecule has 2 N–H and O–H groups in total. The van der Waals surface area contributed by atoms with Crippen LogP contribution in [0.25, 0.3) is 0 Å². The molecule has 1 aromatic heterocycles. The van der Waals surface area contributed by atoms with Crippen LogP contribution in [0.15, 0.2) is 30.6 Å². The Balaban J connectivity index is 2.17. The molecule has 24 heavy (non-hydrogen) atoms. The third kappa shape index (κ3) is 4.58. The van der Waals surface area contributed by atoms with Crippen molar-refractivity contribution < 1.29 is 14.3 Å². The number of amides is 1. The lowest BCUT2D eigenvalue weighted by Gasteiger charge is -2.21. The molecule has 0 saturated heterocycles. The predicted molar refractivity (Wildman–Crippen MR) is 92.9 cm³/mol. The maximum atomic E-state index is 12.4. The van der Waals surface area contributed by atoms with Crippen molar-refractivity contribution in [2.75, 3.05) is 24.9 Å². The number of carbonyl (C=O) groups excluding carboxylic acids is 1. The second-order valence-electron chi connectivity index (χ2n) is 6.19. The predicted octanol–water partition coefficient (Wildman–Crippen LogP) is 2.96. The van der Waals surface area contributed by atoms with Crippen LogP contribution in [-0.2, 0) is 0 Å². The van der Waals surface area contributed by atoms with Crippen molar-refractivity contribution >= 4 is 17.4 Å². The van der Waals surface area contributed by atoms with E-state index in [0.29, 0.717) is 23.0 Å². The number of anilines is 2. The number of ether oxygens (including phenoxy) is 2. The number of methoxy groups -OCH3 is 2. The Hall–Kier alpha value is -2.83. The SMILES string of the molecule is COc1ccc(NC(=O)c2cc(NC(C)(C)C)ncn2)cc1OC. The second-order valence-corrected chi connectivity index (χ2v) is 6.19. The molecule has 2 aromatic rings. The van der Waals surface area contributed by atoms with Crippen LogP contribution in [0.3, 0.4) is 0 Å². The Kier molecular flexibility index (Phi) is 5.23. The van der Waals surface area contributed by atoms with Crippen molar-refractivity contribution in [3.63, 3.8) is 0 Å². The summed E-state index contributed by atoms with van der Waals surface area (Å²) in [6, 6.07) is 6.75. The molecule has 0 atom stereocenters. The van der Waals surface area contributed by atoms with Gasteiger partial charge in [-0.3, -0.25) is 4.79 Å². The molecular weight excluding hydrogens is 308 g/mol. The first-order chi connectivity index (χ1) is 11.3. The van der Waals surface area contributed by atoms with Gasteiger partial charge < -0.3 is 20.1 Å². The fourth-order valence-corrected chi connectivity index (χ4v) is 2.04. The average molecular weight is 330 g/mol. The third-order valence-corrected chi connectivity index (χ3v) is 3.04. The van der Waals surface area contributed by atoms with Gasteiger partial charge >= 0.3 is 0 Å². The summed E-state index contributed by atoms with van der Waals surface area (Å²) in [5, 5.41) is 5.99. The van der Waals surface area contributed by atoms with E-state index in [1.54, 1.807) is 38.5 Å². The zero-order chi connectivity index (χ0) is 17.7. The van der Waals surface area contributed by atoms with E-state index < -0.39 is 0 Å². The lowest BCUT2D eigenvalue weighted by atomic mass is 10.1. The molecule has 0 bridgehead atoms. The monoisotopic (exact) mass is 330 g/mol. The standard InChI is InChI=1S/C17H22N4O3/c1-17(2,3)21-15-9-12(18-10-19-15)16(22)20-11-6-7-13(23-4)14(8-11)24-5/h6-10H,1-5H3,(H,20,22)(H,18,19,21). The highest BCUT2D eigenvalue weighted by atomic mass is 16.5. The minimum Gasteiger partial charge on any atom is -0.493 e. The van der Waals surface area contributed by atoms with Crippen molar-refractivity contribution in [3.8, 4) is 11.5 Å². The minimum atomic E-state index is -0.332. The highest BCUT2D eigenvalue weighted by Gasteiger charge is 2.14. The van der Waals surface area contributed by atoms with Gasteiger partial charge in [0.15, 0.2) is 11.5 Å². The fraction of sp³-hybridized carbons (Fsp3) is 0.353. The minimum absolute atomic E-state index is 0.161. The van der Waals surface area contributed by atoms with Crippen molar-refractivity contribution in [3.05, 3.63) is 36.3 Å². The number of benzene rings is 1. The van der Waals surface area contributed by atoms with Crippen LogP contribution >= 0.6 is 0 Å².